The summed E-state index contributed by atoms with van der Waals surface area (Å²) in [6.45, 7) is 0.699. The Bertz CT molecular complexity index is 1860. The van der Waals surface area contributed by atoms with E-state index in [-0.39, 0.29) is 150 Å². The Kier molecular flexibility index (Phi) is 21.2. The third kappa shape index (κ3) is 13.9. The number of nitro groups is 1. The van der Waals surface area contributed by atoms with Gasteiger partial charge in [-0.3, -0.25) is 38.9 Å². The molecular weight excluding hydrogens is 905 g/mol. The van der Waals surface area contributed by atoms with Crippen LogP contribution in [0.2, 0.25) is 0 Å². The fourth-order valence-corrected chi connectivity index (χ4v) is 6.29. The quantitative estimate of drug-likeness (QED) is 0.0376. The van der Waals surface area contributed by atoms with Crippen LogP contribution in [0.3, 0.4) is 0 Å². The first-order valence-electron chi connectivity index (χ1n) is 18.5. The second-order valence-electron chi connectivity index (χ2n) is 13.3. The fourth-order valence-electron chi connectivity index (χ4n) is 6.29. The molecule has 0 aliphatic carbocycles. The zero-order valence-corrected chi connectivity index (χ0v) is 36.9. The average molecular weight is 957 g/mol. The minimum atomic E-state index is -1.65. The summed E-state index contributed by atoms with van der Waals surface area (Å²) in [5, 5.41) is 51.8. The van der Waals surface area contributed by atoms with Gasteiger partial charge in [0, 0.05) is 157 Å². The number of ether oxygens (including phenoxy) is 3. The topological polar surface area (TPSA) is 285 Å². The Morgan fingerprint density at radius 1 is 0.610 bits per heavy atom. The van der Waals surface area contributed by atoms with E-state index in [9.17, 15) is 54.2 Å². The molecule has 21 nitrogen and oxygen atoms in total. The molecule has 321 valence electrons. The van der Waals surface area contributed by atoms with Gasteiger partial charge in [0.05, 0.1) is 19.8 Å². The molecule has 0 fully saturated rings. The maximum absolute atomic E-state index is 13.1. The van der Waals surface area contributed by atoms with Crippen molar-refractivity contribution < 1.29 is 84.4 Å². The van der Waals surface area contributed by atoms with Crippen LogP contribution in [-0.4, -0.2) is 118 Å². The average Bonchev–Trinajstić information content (AvgIpc) is 3.20. The molecule has 0 aliphatic rings. The molecule has 0 atom stereocenters. The summed E-state index contributed by atoms with van der Waals surface area (Å²) in [7, 11) is 4.33. The van der Waals surface area contributed by atoms with E-state index in [1.807, 2.05) is 0 Å². The molecule has 1 radical (unpaired) electrons. The van der Waals surface area contributed by atoms with Crippen molar-refractivity contribution in [2.24, 2.45) is 0 Å². The maximum Gasteiger partial charge on any atom is 0.271 e. The number of carbonyl (C=O) groups is 3. The van der Waals surface area contributed by atoms with Crippen LogP contribution in [0.4, 0.5) is 0 Å². The van der Waals surface area contributed by atoms with Crippen LogP contribution in [-0.2, 0) is 33.8 Å². The molecule has 0 aromatic carbocycles. The van der Waals surface area contributed by atoms with Crippen molar-refractivity contribution in [3.8, 4) is 17.2 Å². The number of aromatic hydroxyl groups is 3. The van der Waals surface area contributed by atoms with E-state index in [1.54, 1.807) is 0 Å². The maximum atomic E-state index is 13.1. The summed E-state index contributed by atoms with van der Waals surface area (Å²) in [4.78, 5) is 88.1. The number of hydrogen-bond donors (Lipinski definition) is 6. The van der Waals surface area contributed by atoms with Crippen molar-refractivity contribution in [2.45, 2.75) is 63.7 Å². The van der Waals surface area contributed by atoms with Crippen LogP contribution in [0.15, 0.2) is 51.2 Å². The first-order chi connectivity index (χ1) is 27.7. The van der Waals surface area contributed by atoms with E-state index < -0.39 is 61.7 Å². The van der Waals surface area contributed by atoms with Crippen LogP contribution in [0.1, 0.15) is 70.0 Å². The van der Waals surface area contributed by atoms with Gasteiger partial charge in [0.1, 0.15) is 0 Å². The SMILES string of the molecule is COCCn1ccc(=O)c(O)c1C(=O)NCCCC(CCCNC(=O)c1c(O)c(=O)ccn1CCOC)(CCCNC(=O)c1c(O)c(=O)ccn1CCOC)[N+](=O)[O-].[La]. The number of rotatable bonds is 25. The molecule has 0 spiro atoms. The van der Waals surface area contributed by atoms with Crippen LogP contribution >= 0.6 is 0 Å². The van der Waals surface area contributed by atoms with Crippen LogP contribution in [0.5, 0.6) is 17.2 Å². The van der Waals surface area contributed by atoms with Gasteiger partial charge in [0.25, 0.3) is 17.7 Å². The molecule has 3 amide bonds. The van der Waals surface area contributed by atoms with Crippen LogP contribution < -0.4 is 32.2 Å². The largest absolute Gasteiger partial charge is 0.503 e. The van der Waals surface area contributed by atoms with E-state index in [2.05, 4.69) is 16.0 Å². The van der Waals surface area contributed by atoms with Gasteiger partial charge in [0.2, 0.25) is 21.8 Å². The number of carbonyl (C=O) groups excluding carboxylic acids is 3. The van der Waals surface area contributed by atoms with Gasteiger partial charge in [-0.15, -0.1) is 0 Å². The number of amides is 3. The molecule has 0 aliphatic heterocycles. The van der Waals surface area contributed by atoms with Gasteiger partial charge in [0.15, 0.2) is 34.3 Å². The molecule has 0 saturated heterocycles. The normalized spacial score (nSPS) is 11.1. The van der Waals surface area contributed by atoms with Gasteiger partial charge in [-0.2, -0.15) is 0 Å². The van der Waals surface area contributed by atoms with E-state index in [0.717, 1.165) is 18.2 Å². The summed E-state index contributed by atoms with van der Waals surface area (Å²) in [5.41, 5.74) is -4.87. The van der Waals surface area contributed by atoms with E-state index in [1.165, 1.54) is 53.6 Å². The molecule has 0 bridgehead atoms. The smallest absolute Gasteiger partial charge is 0.271 e. The van der Waals surface area contributed by atoms with Crippen molar-refractivity contribution in [1.82, 2.24) is 29.7 Å². The molecule has 3 heterocycles. The first kappa shape index (κ1) is 50.3. The zero-order chi connectivity index (χ0) is 42.8. The third-order valence-corrected chi connectivity index (χ3v) is 9.41. The second-order valence-corrected chi connectivity index (χ2v) is 13.3. The summed E-state index contributed by atoms with van der Waals surface area (Å²) in [6.07, 6.45) is 3.92. The van der Waals surface area contributed by atoms with Crippen molar-refractivity contribution in [1.29, 1.82) is 0 Å². The Labute approximate surface area is 366 Å². The molecule has 0 saturated carbocycles. The predicted molar refractivity (Wildman–Crippen MR) is 207 cm³/mol. The number of pyridine rings is 3. The molecule has 0 unspecified atom stereocenters. The zero-order valence-electron chi connectivity index (χ0n) is 33.3. The number of hydrogen-bond acceptors (Lipinski definition) is 14. The van der Waals surface area contributed by atoms with Crippen molar-refractivity contribution >= 4 is 17.7 Å². The van der Waals surface area contributed by atoms with Crippen molar-refractivity contribution in [3.05, 3.63) is 94.7 Å². The van der Waals surface area contributed by atoms with Gasteiger partial charge >= 0.3 is 0 Å². The van der Waals surface area contributed by atoms with E-state index >= 15 is 0 Å². The number of aromatic nitrogens is 3. The molecule has 3 rings (SSSR count). The Morgan fingerprint density at radius 3 is 1.12 bits per heavy atom. The van der Waals surface area contributed by atoms with Gasteiger partial charge in [-0.1, -0.05) is 0 Å². The molecular formula is C37H51LaN7O14. The van der Waals surface area contributed by atoms with Crippen LogP contribution in [0.25, 0.3) is 0 Å². The summed E-state index contributed by atoms with van der Waals surface area (Å²) in [5.74, 6) is -4.66. The Morgan fingerprint density at radius 2 is 0.881 bits per heavy atom. The van der Waals surface area contributed by atoms with Crippen molar-refractivity contribution in [3.63, 3.8) is 0 Å². The number of nitrogens with one attached hydrogen (secondary N) is 3. The summed E-state index contributed by atoms with van der Waals surface area (Å²) < 4.78 is 19.1. The van der Waals surface area contributed by atoms with E-state index in [4.69, 9.17) is 14.2 Å². The Hall–Kier alpha value is -4.87. The summed E-state index contributed by atoms with van der Waals surface area (Å²) >= 11 is 0. The molecule has 3 aromatic rings. The summed E-state index contributed by atoms with van der Waals surface area (Å²) in [6, 6.07) is 3.30. The Balaban J connectivity index is 0.0000120. The second kappa shape index (κ2) is 24.9. The van der Waals surface area contributed by atoms with Gasteiger partial charge in [-0.05, 0) is 19.3 Å². The molecule has 22 heteroatoms. The standard InChI is InChI=1S/C37H51N7O14.La/c1-56-22-19-41-16-7-25(45)31(48)28(41)34(51)38-13-4-10-37(44(54)55,11-5-14-39-35(52)29-32(49)26(46)8-17-42(29)20-23-57-2)12-6-15-40-36(53)30-33(50)27(47)9-18-43(30)21-24-58-3;/h7-9,16-18,48-50H,4-6,10-15,19-24H2,1-3H3,(H,38,51)(H,39,52)(H,40,53);. The molecule has 6 N–H and O–H groups in total. The molecule has 59 heavy (non-hydrogen) atoms. The fraction of sp³-hybridized carbons (Fsp3) is 0.514. The van der Waals surface area contributed by atoms with Gasteiger partial charge in [-0.25, -0.2) is 0 Å². The first-order valence-corrected chi connectivity index (χ1v) is 18.5. The minimum Gasteiger partial charge on any atom is -0.503 e. The van der Waals surface area contributed by atoms with Crippen molar-refractivity contribution in [2.75, 3.05) is 60.8 Å². The predicted octanol–water partition coefficient (Wildman–Crippen LogP) is 0.174. The number of nitrogens with zero attached hydrogens (tertiary/aromatic N) is 4. The minimum absolute atomic E-state index is 0. The molecule has 3 aromatic heterocycles. The van der Waals surface area contributed by atoms with E-state index in [0.29, 0.717) is 0 Å². The number of methoxy groups -OCH3 is 3. The third-order valence-electron chi connectivity index (χ3n) is 9.41. The van der Waals surface area contributed by atoms with Gasteiger partial charge < -0.3 is 59.2 Å². The van der Waals surface area contributed by atoms with Crippen LogP contribution in [0, 0.1) is 45.7 Å². The monoisotopic (exact) mass is 956 g/mol.